The quantitative estimate of drug-likeness (QED) is 0.830. The van der Waals surface area contributed by atoms with E-state index in [0.717, 1.165) is 24.9 Å². The molecule has 0 amide bonds. The summed E-state index contributed by atoms with van der Waals surface area (Å²) < 4.78 is 22.8. The topological polar surface area (TPSA) is 46.2 Å². The van der Waals surface area contributed by atoms with Gasteiger partial charge in [0, 0.05) is 12.3 Å². The summed E-state index contributed by atoms with van der Waals surface area (Å²) in [6, 6.07) is 7.54. The summed E-state index contributed by atoms with van der Waals surface area (Å²) in [6.07, 6.45) is 3.50. The van der Waals surface area contributed by atoms with Crippen LogP contribution in [0.2, 0.25) is 0 Å². The molecule has 15 heavy (non-hydrogen) atoms. The molecule has 4 heteroatoms. The summed E-state index contributed by atoms with van der Waals surface area (Å²) in [4.78, 5) is 0.411. The molecule has 2 rings (SSSR count). The van der Waals surface area contributed by atoms with Crippen LogP contribution in [0.5, 0.6) is 0 Å². The van der Waals surface area contributed by atoms with E-state index < -0.39 is 9.84 Å². The maximum Gasteiger partial charge on any atom is 0.175 e. The fourth-order valence-corrected chi connectivity index (χ4v) is 2.61. The molecule has 1 N–H and O–H groups in total. The van der Waals surface area contributed by atoms with Crippen molar-refractivity contribution in [3.63, 3.8) is 0 Å². The van der Waals surface area contributed by atoms with E-state index in [9.17, 15) is 8.42 Å². The maximum atomic E-state index is 11.4. The lowest BCUT2D eigenvalue weighted by molar-refractivity contribution is 0.600. The molecule has 0 aromatic heterocycles. The second kappa shape index (κ2) is 3.94. The normalized spacial score (nSPS) is 21.8. The monoisotopic (exact) mass is 225 g/mol. The summed E-state index contributed by atoms with van der Waals surface area (Å²) in [6.45, 7) is 1.02. The third-order valence-electron chi connectivity index (χ3n) is 2.75. The van der Waals surface area contributed by atoms with Gasteiger partial charge < -0.3 is 5.32 Å². The van der Waals surface area contributed by atoms with Crippen molar-refractivity contribution in [2.75, 3.05) is 12.8 Å². The Kier molecular flexibility index (Phi) is 2.80. The summed E-state index contributed by atoms with van der Waals surface area (Å²) in [5, 5.41) is 3.36. The van der Waals surface area contributed by atoms with Gasteiger partial charge in [0.2, 0.25) is 0 Å². The molecule has 82 valence electrons. The fourth-order valence-electron chi connectivity index (χ4n) is 1.93. The van der Waals surface area contributed by atoms with Crippen LogP contribution in [0.3, 0.4) is 0 Å². The van der Waals surface area contributed by atoms with Crippen LogP contribution in [0.25, 0.3) is 0 Å². The number of nitrogens with one attached hydrogen (secondary N) is 1. The zero-order valence-electron chi connectivity index (χ0n) is 8.73. The first kappa shape index (κ1) is 10.6. The van der Waals surface area contributed by atoms with Gasteiger partial charge in [0.25, 0.3) is 0 Å². The Hall–Kier alpha value is -0.870. The molecule has 0 radical (unpaired) electrons. The molecule has 1 fully saturated rings. The van der Waals surface area contributed by atoms with Gasteiger partial charge in [0.15, 0.2) is 9.84 Å². The van der Waals surface area contributed by atoms with E-state index >= 15 is 0 Å². The molecule has 0 saturated carbocycles. The minimum absolute atomic E-state index is 0.326. The van der Waals surface area contributed by atoms with Crippen LogP contribution in [0.1, 0.15) is 24.4 Å². The molecule has 0 spiro atoms. The summed E-state index contributed by atoms with van der Waals surface area (Å²) in [7, 11) is -3.08. The second-order valence-corrected chi connectivity index (χ2v) is 6.01. The van der Waals surface area contributed by atoms with Crippen LogP contribution in [-0.2, 0) is 9.84 Å². The Morgan fingerprint density at radius 3 is 2.80 bits per heavy atom. The summed E-state index contributed by atoms with van der Waals surface area (Å²) in [5.41, 5.74) is 1.08. The van der Waals surface area contributed by atoms with E-state index in [4.69, 9.17) is 0 Å². The number of hydrogen-bond donors (Lipinski definition) is 1. The average Bonchev–Trinajstić information content (AvgIpc) is 2.69. The minimum Gasteiger partial charge on any atom is -0.310 e. The Balaban J connectivity index is 2.34. The maximum absolute atomic E-state index is 11.4. The van der Waals surface area contributed by atoms with Crippen LogP contribution in [0, 0.1) is 0 Å². The fraction of sp³-hybridized carbons (Fsp3) is 0.455. The first-order chi connectivity index (χ1) is 7.07. The van der Waals surface area contributed by atoms with Gasteiger partial charge in [0.1, 0.15) is 0 Å². The SMILES string of the molecule is CS(=O)(=O)c1cccc([C@@H]2CCCN2)c1. The molecule has 0 bridgehead atoms. The Morgan fingerprint density at radius 2 is 2.20 bits per heavy atom. The van der Waals surface area contributed by atoms with Crippen molar-refractivity contribution in [1.82, 2.24) is 5.32 Å². The van der Waals surface area contributed by atoms with Gasteiger partial charge in [-0.1, -0.05) is 12.1 Å². The summed E-state index contributed by atoms with van der Waals surface area (Å²) in [5.74, 6) is 0. The average molecular weight is 225 g/mol. The van der Waals surface area contributed by atoms with Gasteiger partial charge in [-0.05, 0) is 37.1 Å². The smallest absolute Gasteiger partial charge is 0.175 e. The van der Waals surface area contributed by atoms with Crippen molar-refractivity contribution in [2.45, 2.75) is 23.8 Å². The van der Waals surface area contributed by atoms with Crippen molar-refractivity contribution >= 4 is 9.84 Å². The van der Waals surface area contributed by atoms with Crippen molar-refractivity contribution in [2.24, 2.45) is 0 Å². The molecule has 1 aliphatic rings. The lowest BCUT2D eigenvalue weighted by atomic mass is 10.1. The van der Waals surface area contributed by atoms with E-state index in [1.165, 1.54) is 6.26 Å². The van der Waals surface area contributed by atoms with Crippen molar-refractivity contribution in [3.05, 3.63) is 29.8 Å². The number of benzene rings is 1. The van der Waals surface area contributed by atoms with Crippen molar-refractivity contribution in [1.29, 1.82) is 0 Å². The van der Waals surface area contributed by atoms with Crippen LogP contribution >= 0.6 is 0 Å². The lowest BCUT2D eigenvalue weighted by Gasteiger charge is -2.11. The van der Waals surface area contributed by atoms with Gasteiger partial charge in [0.05, 0.1) is 4.90 Å². The van der Waals surface area contributed by atoms with Crippen LogP contribution in [0.15, 0.2) is 29.2 Å². The third kappa shape index (κ3) is 2.38. The Morgan fingerprint density at radius 1 is 1.40 bits per heavy atom. The summed E-state index contributed by atoms with van der Waals surface area (Å²) >= 11 is 0. The van der Waals surface area contributed by atoms with E-state index in [1.807, 2.05) is 12.1 Å². The molecule has 1 atom stereocenters. The van der Waals surface area contributed by atoms with Crippen LogP contribution < -0.4 is 5.32 Å². The Labute approximate surface area is 90.4 Å². The first-order valence-electron chi connectivity index (χ1n) is 5.11. The number of rotatable bonds is 2. The van der Waals surface area contributed by atoms with Crippen LogP contribution in [0.4, 0.5) is 0 Å². The molecular weight excluding hydrogens is 210 g/mol. The van der Waals surface area contributed by atoms with Crippen molar-refractivity contribution in [3.8, 4) is 0 Å². The standard InChI is InChI=1S/C11H15NO2S/c1-15(13,14)10-5-2-4-9(8-10)11-6-3-7-12-11/h2,4-5,8,11-12H,3,6-7H2,1H3/t11-/m0/s1. The molecular formula is C11H15NO2S. The van der Waals surface area contributed by atoms with Gasteiger partial charge in [-0.25, -0.2) is 8.42 Å². The van der Waals surface area contributed by atoms with E-state index in [1.54, 1.807) is 12.1 Å². The van der Waals surface area contributed by atoms with Crippen molar-refractivity contribution < 1.29 is 8.42 Å². The molecule has 1 saturated heterocycles. The minimum atomic E-state index is -3.08. The molecule has 1 aromatic rings. The first-order valence-corrected chi connectivity index (χ1v) is 7.00. The van der Waals surface area contributed by atoms with E-state index in [2.05, 4.69) is 5.32 Å². The van der Waals surface area contributed by atoms with Gasteiger partial charge in [-0.3, -0.25) is 0 Å². The molecule has 1 aliphatic heterocycles. The highest BCUT2D eigenvalue weighted by molar-refractivity contribution is 7.90. The highest BCUT2D eigenvalue weighted by Gasteiger charge is 2.17. The Bertz CT molecular complexity index is 447. The zero-order valence-corrected chi connectivity index (χ0v) is 9.55. The second-order valence-electron chi connectivity index (χ2n) is 3.99. The highest BCUT2D eigenvalue weighted by atomic mass is 32.2. The molecule has 0 unspecified atom stereocenters. The predicted octanol–water partition coefficient (Wildman–Crippen LogP) is 1.51. The number of sulfone groups is 1. The highest BCUT2D eigenvalue weighted by Crippen LogP contribution is 2.24. The van der Waals surface area contributed by atoms with Gasteiger partial charge in [-0.2, -0.15) is 0 Å². The number of hydrogen-bond acceptors (Lipinski definition) is 3. The zero-order chi connectivity index (χ0) is 10.9. The van der Waals surface area contributed by atoms with Gasteiger partial charge >= 0.3 is 0 Å². The molecule has 1 heterocycles. The van der Waals surface area contributed by atoms with E-state index in [0.29, 0.717) is 10.9 Å². The molecule has 3 nitrogen and oxygen atoms in total. The largest absolute Gasteiger partial charge is 0.310 e. The van der Waals surface area contributed by atoms with E-state index in [-0.39, 0.29) is 0 Å². The van der Waals surface area contributed by atoms with Crippen LogP contribution in [-0.4, -0.2) is 21.2 Å². The molecule has 1 aromatic carbocycles. The van der Waals surface area contributed by atoms with Gasteiger partial charge in [-0.15, -0.1) is 0 Å². The third-order valence-corrected chi connectivity index (χ3v) is 3.86. The molecule has 0 aliphatic carbocycles. The predicted molar refractivity (Wildman–Crippen MR) is 59.5 cm³/mol. The lowest BCUT2D eigenvalue weighted by Crippen LogP contribution is -2.13.